The first-order chi connectivity index (χ1) is 9.22. The summed E-state index contributed by atoms with van der Waals surface area (Å²) in [5.41, 5.74) is 1.01. The zero-order valence-electron chi connectivity index (χ0n) is 11.4. The van der Waals surface area contributed by atoms with Crippen molar-refractivity contribution in [2.75, 3.05) is 31.5 Å². The highest BCUT2D eigenvalue weighted by Gasteiger charge is 2.04. The van der Waals surface area contributed by atoms with Crippen LogP contribution in [0.15, 0.2) is 18.2 Å². The van der Waals surface area contributed by atoms with Crippen LogP contribution in [0.4, 0.5) is 5.13 Å². The number of fused-ring (bicyclic) bond motifs is 1. The molecule has 0 bridgehead atoms. The highest BCUT2D eigenvalue weighted by molar-refractivity contribution is 7.22. The number of aromatic nitrogens is 1. The second-order valence-corrected chi connectivity index (χ2v) is 5.91. The summed E-state index contributed by atoms with van der Waals surface area (Å²) >= 11 is 7.64. The highest BCUT2D eigenvalue weighted by atomic mass is 35.5. The molecule has 1 heterocycles. The summed E-state index contributed by atoms with van der Waals surface area (Å²) < 4.78 is 1.14. The van der Waals surface area contributed by atoms with Crippen molar-refractivity contribution in [1.29, 1.82) is 0 Å². The zero-order chi connectivity index (χ0) is 13.7. The van der Waals surface area contributed by atoms with Gasteiger partial charge in [0.05, 0.1) is 10.2 Å². The van der Waals surface area contributed by atoms with E-state index in [1.54, 1.807) is 11.3 Å². The fourth-order valence-corrected chi connectivity index (χ4v) is 3.18. The van der Waals surface area contributed by atoms with Crippen LogP contribution in [-0.2, 0) is 0 Å². The average molecular weight is 298 g/mol. The minimum absolute atomic E-state index is 0.768. The quantitative estimate of drug-likeness (QED) is 0.780. The molecule has 0 spiro atoms. The molecule has 0 aliphatic rings. The molecule has 0 atom stereocenters. The van der Waals surface area contributed by atoms with Gasteiger partial charge in [0.1, 0.15) is 0 Å². The van der Waals surface area contributed by atoms with Gasteiger partial charge in [-0.15, -0.1) is 0 Å². The van der Waals surface area contributed by atoms with Crippen LogP contribution in [0.2, 0.25) is 5.02 Å². The predicted octanol–water partition coefficient (Wildman–Crippen LogP) is 4.09. The van der Waals surface area contributed by atoms with E-state index >= 15 is 0 Å². The summed E-state index contributed by atoms with van der Waals surface area (Å²) in [4.78, 5) is 6.98. The first-order valence-corrected chi connectivity index (χ1v) is 7.94. The summed E-state index contributed by atoms with van der Waals surface area (Å²) in [6, 6.07) is 5.82. The SMILES string of the molecule is CCN(CC)CCCNc1nc2ccc(Cl)cc2s1. The minimum atomic E-state index is 0.768. The number of hydrogen-bond acceptors (Lipinski definition) is 4. The van der Waals surface area contributed by atoms with E-state index in [0.29, 0.717) is 0 Å². The maximum Gasteiger partial charge on any atom is 0.183 e. The molecular weight excluding hydrogens is 278 g/mol. The smallest absolute Gasteiger partial charge is 0.183 e. The van der Waals surface area contributed by atoms with Crippen LogP contribution in [0.1, 0.15) is 20.3 Å². The van der Waals surface area contributed by atoms with E-state index in [4.69, 9.17) is 11.6 Å². The van der Waals surface area contributed by atoms with Gasteiger partial charge in [-0.2, -0.15) is 0 Å². The van der Waals surface area contributed by atoms with Crippen LogP contribution in [0.3, 0.4) is 0 Å². The van der Waals surface area contributed by atoms with E-state index in [1.807, 2.05) is 18.2 Å². The second kappa shape index (κ2) is 7.08. The molecule has 0 saturated carbocycles. The molecule has 0 aliphatic carbocycles. The van der Waals surface area contributed by atoms with E-state index < -0.39 is 0 Å². The monoisotopic (exact) mass is 297 g/mol. The van der Waals surface area contributed by atoms with Gasteiger partial charge in [0.15, 0.2) is 5.13 Å². The van der Waals surface area contributed by atoms with Crippen molar-refractivity contribution in [1.82, 2.24) is 9.88 Å². The molecule has 0 radical (unpaired) electrons. The maximum absolute atomic E-state index is 5.97. The summed E-state index contributed by atoms with van der Waals surface area (Å²) in [5.74, 6) is 0. The van der Waals surface area contributed by atoms with Gasteiger partial charge in [0.25, 0.3) is 0 Å². The van der Waals surface area contributed by atoms with E-state index in [-0.39, 0.29) is 0 Å². The number of halogens is 1. The Morgan fingerprint density at radius 1 is 1.32 bits per heavy atom. The van der Waals surface area contributed by atoms with E-state index in [2.05, 4.69) is 29.0 Å². The summed E-state index contributed by atoms with van der Waals surface area (Å²) in [6.07, 6.45) is 1.14. The van der Waals surface area contributed by atoms with E-state index in [9.17, 15) is 0 Å². The minimum Gasteiger partial charge on any atom is -0.361 e. The predicted molar refractivity (Wildman–Crippen MR) is 85.5 cm³/mol. The number of rotatable bonds is 7. The Kier molecular flexibility index (Phi) is 5.43. The molecule has 1 N–H and O–H groups in total. The summed E-state index contributed by atoms with van der Waals surface area (Å²) in [5, 5.41) is 5.15. The Bertz CT molecular complexity index is 522. The Hall–Kier alpha value is -0.840. The standard InChI is InChI=1S/C14H20ClN3S/c1-3-18(4-2)9-5-8-16-14-17-12-7-6-11(15)10-13(12)19-14/h6-7,10H,3-5,8-9H2,1-2H3,(H,16,17). The molecule has 1 aromatic heterocycles. The molecule has 0 saturated heterocycles. The molecule has 0 aliphatic heterocycles. The molecule has 19 heavy (non-hydrogen) atoms. The van der Waals surface area contributed by atoms with Gasteiger partial charge in [0, 0.05) is 11.6 Å². The highest BCUT2D eigenvalue weighted by Crippen LogP contribution is 2.28. The number of anilines is 1. The Morgan fingerprint density at radius 3 is 2.84 bits per heavy atom. The molecule has 0 unspecified atom stereocenters. The molecule has 2 rings (SSSR count). The normalized spacial score (nSPS) is 11.4. The van der Waals surface area contributed by atoms with E-state index in [0.717, 1.165) is 53.0 Å². The average Bonchev–Trinajstić information content (AvgIpc) is 2.80. The molecule has 104 valence electrons. The lowest BCUT2D eigenvalue weighted by Gasteiger charge is -2.17. The largest absolute Gasteiger partial charge is 0.361 e. The van der Waals surface area contributed by atoms with Gasteiger partial charge in [-0.25, -0.2) is 4.98 Å². The third-order valence-corrected chi connectivity index (χ3v) is 4.38. The molecule has 5 heteroatoms. The van der Waals surface area contributed by atoms with Crippen LogP contribution >= 0.6 is 22.9 Å². The van der Waals surface area contributed by atoms with Crippen LogP contribution in [-0.4, -0.2) is 36.1 Å². The molecule has 2 aromatic rings. The lowest BCUT2D eigenvalue weighted by Crippen LogP contribution is -2.25. The van der Waals surface area contributed by atoms with Crippen LogP contribution in [0.5, 0.6) is 0 Å². The fraction of sp³-hybridized carbons (Fsp3) is 0.500. The lowest BCUT2D eigenvalue weighted by molar-refractivity contribution is 0.303. The zero-order valence-corrected chi connectivity index (χ0v) is 13.0. The van der Waals surface area contributed by atoms with Gasteiger partial charge in [-0.1, -0.05) is 36.8 Å². The number of nitrogens with one attached hydrogen (secondary N) is 1. The molecular formula is C14H20ClN3S. The third-order valence-electron chi connectivity index (χ3n) is 3.17. The Labute approximate surface area is 123 Å². The van der Waals surface area contributed by atoms with Gasteiger partial charge in [-0.05, 0) is 44.3 Å². The third kappa shape index (κ3) is 4.06. The lowest BCUT2D eigenvalue weighted by atomic mass is 10.3. The van der Waals surface area contributed by atoms with Crippen molar-refractivity contribution in [2.24, 2.45) is 0 Å². The number of benzene rings is 1. The molecule has 0 fully saturated rings. The van der Waals surface area contributed by atoms with Crippen molar-refractivity contribution in [3.05, 3.63) is 23.2 Å². The topological polar surface area (TPSA) is 28.2 Å². The molecule has 3 nitrogen and oxygen atoms in total. The Balaban J connectivity index is 1.84. The van der Waals surface area contributed by atoms with Gasteiger partial charge in [0.2, 0.25) is 0 Å². The first-order valence-electron chi connectivity index (χ1n) is 6.75. The second-order valence-electron chi connectivity index (χ2n) is 4.44. The van der Waals surface area contributed by atoms with Gasteiger partial charge >= 0.3 is 0 Å². The first kappa shape index (κ1) is 14.6. The van der Waals surface area contributed by atoms with Crippen molar-refractivity contribution in [2.45, 2.75) is 20.3 Å². The van der Waals surface area contributed by atoms with Crippen molar-refractivity contribution in [3.63, 3.8) is 0 Å². The van der Waals surface area contributed by atoms with Crippen molar-refractivity contribution in [3.8, 4) is 0 Å². The summed E-state index contributed by atoms with van der Waals surface area (Å²) in [6.45, 7) is 8.75. The van der Waals surface area contributed by atoms with E-state index in [1.165, 1.54) is 0 Å². The maximum atomic E-state index is 5.97. The Morgan fingerprint density at radius 2 is 2.11 bits per heavy atom. The van der Waals surface area contributed by atoms with Gasteiger partial charge in [-0.3, -0.25) is 0 Å². The van der Waals surface area contributed by atoms with Crippen molar-refractivity contribution >= 4 is 38.3 Å². The molecule has 0 amide bonds. The molecule has 1 aromatic carbocycles. The number of thiazole rings is 1. The van der Waals surface area contributed by atoms with Crippen LogP contribution < -0.4 is 5.32 Å². The number of hydrogen-bond donors (Lipinski definition) is 1. The van der Waals surface area contributed by atoms with Crippen LogP contribution in [0.25, 0.3) is 10.2 Å². The fourth-order valence-electron chi connectivity index (χ4n) is 2.01. The van der Waals surface area contributed by atoms with Crippen LogP contribution in [0, 0.1) is 0 Å². The van der Waals surface area contributed by atoms with Crippen molar-refractivity contribution < 1.29 is 0 Å². The number of nitrogens with zero attached hydrogens (tertiary/aromatic N) is 2. The summed E-state index contributed by atoms with van der Waals surface area (Å²) in [7, 11) is 0. The van der Waals surface area contributed by atoms with Gasteiger partial charge < -0.3 is 10.2 Å².